The van der Waals surface area contributed by atoms with Gasteiger partial charge in [-0.05, 0) is 0 Å². The van der Waals surface area contributed by atoms with E-state index in [2.05, 4.69) is 6.92 Å². The predicted molar refractivity (Wildman–Crippen MR) is 83.7 cm³/mol. The summed E-state index contributed by atoms with van der Waals surface area (Å²) < 4.78 is 33.1. The second kappa shape index (κ2) is 19.9. The van der Waals surface area contributed by atoms with Crippen molar-refractivity contribution in [3.63, 3.8) is 0 Å². The molecule has 0 atom stereocenters. The molecule has 2 N–H and O–H groups in total. The number of rotatable bonds is 10. The van der Waals surface area contributed by atoms with Gasteiger partial charge in [0.15, 0.2) is 0 Å². The van der Waals surface area contributed by atoms with Crippen molar-refractivity contribution < 1.29 is 17.5 Å². The first-order valence-electron chi connectivity index (χ1n) is 7.11. The fraction of sp³-hybridized carbons (Fsp3) is 1.00. The van der Waals surface area contributed by atoms with Crippen LogP contribution in [0.5, 0.6) is 0 Å². The summed E-state index contributed by atoms with van der Waals surface area (Å²) in [6.45, 7) is 2.29. The number of unbranched alkanes of at least 4 members (excludes halogenated alkanes) is 9. The van der Waals surface area contributed by atoms with E-state index >= 15 is 0 Å². The summed E-state index contributed by atoms with van der Waals surface area (Å²) in [5, 5.41) is 0. The van der Waals surface area contributed by atoms with Crippen molar-refractivity contribution in [3.8, 4) is 0 Å². The molecule has 0 radical (unpaired) electrons. The second-order valence-corrected chi connectivity index (χ2v) is 6.53. The Morgan fingerprint density at radius 3 is 1.32 bits per heavy atom. The quantitative estimate of drug-likeness (QED) is 0.369. The molecule has 0 amide bonds. The number of hydrogen-bond donors (Lipinski definition) is 2. The van der Waals surface area contributed by atoms with Crippen LogP contribution in [-0.4, -0.2) is 75.0 Å². The predicted octanol–water partition coefficient (Wildman–Crippen LogP) is 3.19. The summed E-state index contributed by atoms with van der Waals surface area (Å²) in [5.41, 5.74) is 0. The molecule has 0 aliphatic carbocycles. The monoisotopic (exact) mass is 314 g/mol. The summed E-state index contributed by atoms with van der Waals surface area (Å²) >= 11 is 1.41. The van der Waals surface area contributed by atoms with Crippen LogP contribution in [0.15, 0.2) is 0 Å². The van der Waals surface area contributed by atoms with E-state index in [1.807, 2.05) is 0 Å². The normalized spacial score (nSPS) is 10.4. The van der Waals surface area contributed by atoms with Crippen LogP contribution in [0.4, 0.5) is 0 Å². The molecule has 0 aromatic heterocycles. The summed E-state index contributed by atoms with van der Waals surface area (Å²) in [7, 11) is -4.67. The van der Waals surface area contributed by atoms with Crippen molar-refractivity contribution in [3.05, 3.63) is 0 Å². The van der Waals surface area contributed by atoms with Gasteiger partial charge in [0.25, 0.3) is 0 Å². The van der Waals surface area contributed by atoms with Gasteiger partial charge in [0, 0.05) is 0 Å². The zero-order valence-corrected chi connectivity index (χ0v) is 14.7. The van der Waals surface area contributed by atoms with Crippen molar-refractivity contribution >= 4 is 67.9 Å². The van der Waals surface area contributed by atoms with Gasteiger partial charge < -0.3 is 0 Å². The van der Waals surface area contributed by atoms with Crippen LogP contribution in [0.3, 0.4) is 0 Å². The van der Waals surface area contributed by atoms with Crippen LogP contribution >= 0.6 is 0 Å². The minimum absolute atomic E-state index is 0. The molecule has 0 aromatic rings. The molecule has 0 saturated heterocycles. The van der Waals surface area contributed by atoms with Gasteiger partial charge in [0.2, 0.25) is 0 Å². The van der Waals surface area contributed by atoms with Crippen LogP contribution in [-0.2, 0) is 10.4 Å². The van der Waals surface area contributed by atoms with E-state index in [-0.39, 0.29) is 29.6 Å². The van der Waals surface area contributed by atoms with E-state index < -0.39 is 10.4 Å². The summed E-state index contributed by atoms with van der Waals surface area (Å²) in [6, 6.07) is 0. The molecule has 0 aromatic carbocycles. The van der Waals surface area contributed by atoms with Gasteiger partial charge in [-0.2, -0.15) is 8.42 Å². The molecule has 0 heterocycles. The van der Waals surface area contributed by atoms with Crippen molar-refractivity contribution in [1.82, 2.24) is 0 Å². The molecule has 19 heavy (non-hydrogen) atoms. The van der Waals surface area contributed by atoms with Gasteiger partial charge in [-0.3, -0.25) is 9.11 Å². The Bertz CT molecular complexity index is 228. The van der Waals surface area contributed by atoms with E-state index in [4.69, 9.17) is 17.5 Å². The zero-order valence-electron chi connectivity index (χ0n) is 11.9. The Morgan fingerprint density at radius 2 is 1.05 bits per heavy atom. The van der Waals surface area contributed by atoms with Gasteiger partial charge in [-0.1, -0.05) is 0 Å². The average molecular weight is 314 g/mol. The van der Waals surface area contributed by atoms with E-state index in [9.17, 15) is 0 Å². The molecule has 0 rings (SSSR count). The molecule has 0 fully saturated rings. The van der Waals surface area contributed by atoms with Gasteiger partial charge in [-0.15, -0.1) is 0 Å². The molecular formula is C12H28Na2O4S. The third-order valence-electron chi connectivity index (χ3n) is 2.71. The molecule has 0 bridgehead atoms. The Labute approximate surface area is 158 Å². The Morgan fingerprint density at radius 1 is 0.789 bits per heavy atom. The molecule has 108 valence electrons. The average Bonchev–Trinajstić information content (AvgIpc) is 2.25. The fourth-order valence-electron chi connectivity index (χ4n) is 1.74. The van der Waals surface area contributed by atoms with E-state index in [1.54, 1.807) is 0 Å². The van der Waals surface area contributed by atoms with Crippen LogP contribution in [0, 0.1) is 0 Å². The Balaban J connectivity index is -0.000000366. The summed E-state index contributed by atoms with van der Waals surface area (Å²) in [5.74, 6) is 0. The maximum atomic E-state index is 8.74. The van der Waals surface area contributed by atoms with Crippen molar-refractivity contribution in [2.75, 3.05) is 0 Å². The number of hydrogen-bond acceptors (Lipinski definition) is 2. The van der Waals surface area contributed by atoms with Crippen LogP contribution < -0.4 is 0 Å². The topological polar surface area (TPSA) is 74.6 Å². The fourth-order valence-corrected chi connectivity index (χ4v) is 2.24. The van der Waals surface area contributed by atoms with E-state index in [1.165, 1.54) is 95.8 Å². The first-order chi connectivity index (χ1) is 8.41. The SMILES string of the molecule is CCCCCCCCCCC[CH2][Na].O=S(=O)(O)O.[NaH]. The second-order valence-electron chi connectivity index (χ2n) is 4.63. The molecule has 0 aliphatic heterocycles. The Kier molecular flexibility index (Phi) is 27.0. The molecule has 7 heteroatoms. The van der Waals surface area contributed by atoms with Crippen LogP contribution in [0.25, 0.3) is 0 Å². The standard InChI is InChI=1S/C12H25.2Na.H2O4S.H/c1-3-5-7-9-11-12-10-8-6-4-2;;;1-5(2,3)4;/h1,3-12H2,2H3;;;(H2,1,2,3,4);. The summed E-state index contributed by atoms with van der Waals surface area (Å²) in [6.07, 6.45) is 14.7. The molecule has 0 saturated carbocycles. The molecule has 0 spiro atoms. The zero-order chi connectivity index (χ0) is 14.3. The molecule has 0 aliphatic rings. The van der Waals surface area contributed by atoms with E-state index in [0.717, 1.165) is 0 Å². The third-order valence-corrected chi connectivity index (χ3v) is 3.41. The first kappa shape index (κ1) is 25.8. The van der Waals surface area contributed by atoms with Crippen molar-refractivity contribution in [1.29, 1.82) is 0 Å². The van der Waals surface area contributed by atoms with Gasteiger partial charge in [0.1, 0.15) is 0 Å². The Hall–Kier alpha value is 1.87. The molecule has 0 unspecified atom stereocenters. The molecule has 4 nitrogen and oxygen atoms in total. The van der Waals surface area contributed by atoms with Crippen molar-refractivity contribution in [2.45, 2.75) is 74.8 Å². The molecular weight excluding hydrogens is 286 g/mol. The summed E-state index contributed by atoms with van der Waals surface area (Å²) in [4.78, 5) is 0. The van der Waals surface area contributed by atoms with Crippen molar-refractivity contribution in [2.24, 2.45) is 0 Å². The van der Waals surface area contributed by atoms with E-state index in [0.29, 0.717) is 0 Å². The maximum absolute atomic E-state index is 8.74. The first-order valence-corrected chi connectivity index (χ1v) is 9.92. The van der Waals surface area contributed by atoms with Gasteiger partial charge in [0.05, 0.1) is 0 Å². The van der Waals surface area contributed by atoms with Gasteiger partial charge >= 0.3 is 143 Å². The van der Waals surface area contributed by atoms with Gasteiger partial charge in [-0.25, -0.2) is 0 Å². The minimum atomic E-state index is -4.67. The van der Waals surface area contributed by atoms with Crippen LogP contribution in [0.2, 0.25) is 3.67 Å². The third kappa shape index (κ3) is 45.0. The van der Waals surface area contributed by atoms with Crippen LogP contribution in [0.1, 0.15) is 71.1 Å².